The highest BCUT2D eigenvalue weighted by Gasteiger charge is 2.18. The van der Waals surface area contributed by atoms with Gasteiger partial charge < -0.3 is 5.11 Å². The van der Waals surface area contributed by atoms with Crippen LogP contribution in [0.3, 0.4) is 0 Å². The average Bonchev–Trinajstić information content (AvgIpc) is 2.63. The highest BCUT2D eigenvalue weighted by molar-refractivity contribution is 5.19. The summed E-state index contributed by atoms with van der Waals surface area (Å²) in [7, 11) is 0. The zero-order valence-electron chi connectivity index (χ0n) is 11.2. The fourth-order valence-electron chi connectivity index (χ4n) is 3.03. The van der Waals surface area contributed by atoms with Crippen molar-refractivity contribution in [2.45, 2.75) is 57.5 Å². The molecule has 0 spiro atoms. The van der Waals surface area contributed by atoms with E-state index in [9.17, 15) is 13.9 Å². The predicted octanol–water partition coefficient (Wildman–Crippen LogP) is 4.23. The van der Waals surface area contributed by atoms with E-state index < -0.39 is 17.7 Å². The van der Waals surface area contributed by atoms with Crippen LogP contribution in [0.4, 0.5) is 8.78 Å². The average molecular weight is 268 g/mol. The second kappa shape index (κ2) is 6.99. The molecule has 1 aromatic carbocycles. The highest BCUT2D eigenvalue weighted by Crippen LogP contribution is 2.27. The van der Waals surface area contributed by atoms with E-state index in [1.807, 2.05) is 0 Å². The lowest BCUT2D eigenvalue weighted by molar-refractivity contribution is 0.136. The Balaban J connectivity index is 1.89. The molecule has 1 fully saturated rings. The summed E-state index contributed by atoms with van der Waals surface area (Å²) in [4.78, 5) is 0. The Morgan fingerprint density at radius 3 is 2.47 bits per heavy atom. The van der Waals surface area contributed by atoms with Crippen LogP contribution in [0.25, 0.3) is 0 Å². The molecule has 3 heteroatoms. The molecule has 0 heterocycles. The number of halogens is 2. The third-order valence-electron chi connectivity index (χ3n) is 4.07. The molecule has 1 N–H and O–H groups in total. The Morgan fingerprint density at radius 1 is 1.11 bits per heavy atom. The summed E-state index contributed by atoms with van der Waals surface area (Å²) in [6, 6.07) is 4.15. The molecule has 1 aliphatic rings. The molecule has 19 heavy (non-hydrogen) atoms. The number of aliphatic hydroxyl groups is 1. The van der Waals surface area contributed by atoms with Crippen LogP contribution < -0.4 is 0 Å². The normalized spacial score (nSPS) is 19.1. The Kier molecular flexibility index (Phi) is 5.32. The summed E-state index contributed by atoms with van der Waals surface area (Å²) in [5, 5.41) is 10.1. The number of rotatable bonds is 4. The maximum Gasteiger partial charge on any atom is 0.162 e. The van der Waals surface area contributed by atoms with E-state index in [0.29, 0.717) is 12.3 Å². The molecule has 1 unspecified atom stereocenters. The summed E-state index contributed by atoms with van der Waals surface area (Å²) >= 11 is 0. The van der Waals surface area contributed by atoms with Gasteiger partial charge in [-0.3, -0.25) is 0 Å². The molecule has 0 bridgehead atoms. The van der Waals surface area contributed by atoms with E-state index in [0.717, 1.165) is 18.9 Å². The number of hydrogen-bond acceptors (Lipinski definition) is 1. The first-order chi connectivity index (χ1) is 9.16. The van der Waals surface area contributed by atoms with Gasteiger partial charge in [-0.15, -0.1) is 0 Å². The molecule has 1 aliphatic carbocycles. The van der Waals surface area contributed by atoms with Crippen LogP contribution in [-0.2, 0) is 6.42 Å². The molecule has 106 valence electrons. The van der Waals surface area contributed by atoms with Crippen LogP contribution >= 0.6 is 0 Å². The van der Waals surface area contributed by atoms with Crippen molar-refractivity contribution in [1.29, 1.82) is 0 Å². The topological polar surface area (TPSA) is 20.2 Å². The molecule has 1 nitrogen and oxygen atoms in total. The third-order valence-corrected chi connectivity index (χ3v) is 4.07. The van der Waals surface area contributed by atoms with Gasteiger partial charge in [0.15, 0.2) is 11.6 Å². The molecule has 1 atom stereocenters. The van der Waals surface area contributed by atoms with E-state index in [2.05, 4.69) is 0 Å². The van der Waals surface area contributed by atoms with Crippen molar-refractivity contribution in [3.63, 3.8) is 0 Å². The number of aliphatic hydroxyl groups excluding tert-OH is 1. The lowest BCUT2D eigenvalue weighted by atomic mass is 9.91. The second-order valence-electron chi connectivity index (χ2n) is 5.66. The van der Waals surface area contributed by atoms with E-state index >= 15 is 0 Å². The van der Waals surface area contributed by atoms with Gasteiger partial charge in [0, 0.05) is 6.42 Å². The highest BCUT2D eigenvalue weighted by atomic mass is 19.2. The molecule has 1 aromatic rings. The Morgan fingerprint density at radius 2 is 1.79 bits per heavy atom. The standard InChI is InChI=1S/C16H22F2O/c17-15-9-5-8-13(16(15)18)11-14(19)10-12-6-3-1-2-4-7-12/h5,8-9,12,14,19H,1-4,6-7,10-11H2. The predicted molar refractivity (Wildman–Crippen MR) is 71.9 cm³/mol. The third kappa shape index (κ3) is 4.27. The lowest BCUT2D eigenvalue weighted by Gasteiger charge is -2.18. The minimum atomic E-state index is -0.834. The maximum atomic E-state index is 13.5. The molecule has 0 aromatic heterocycles. The molecule has 1 saturated carbocycles. The lowest BCUT2D eigenvalue weighted by Crippen LogP contribution is -2.17. The van der Waals surface area contributed by atoms with Gasteiger partial charge in [-0.1, -0.05) is 50.7 Å². The first-order valence-corrected chi connectivity index (χ1v) is 7.27. The summed E-state index contributed by atoms with van der Waals surface area (Å²) in [5.74, 6) is -1.12. The number of hydrogen-bond donors (Lipinski definition) is 1. The van der Waals surface area contributed by atoms with E-state index in [4.69, 9.17) is 0 Å². The maximum absolute atomic E-state index is 13.5. The first-order valence-electron chi connectivity index (χ1n) is 7.27. The van der Waals surface area contributed by atoms with Crippen LogP contribution in [0.15, 0.2) is 18.2 Å². The van der Waals surface area contributed by atoms with Crippen LogP contribution in [0, 0.1) is 17.6 Å². The fourth-order valence-corrected chi connectivity index (χ4v) is 3.03. The van der Waals surface area contributed by atoms with Crippen molar-refractivity contribution in [2.75, 3.05) is 0 Å². The minimum absolute atomic E-state index is 0.208. The quantitative estimate of drug-likeness (QED) is 0.810. The molecule has 0 saturated heterocycles. The van der Waals surface area contributed by atoms with E-state index in [-0.39, 0.29) is 12.0 Å². The monoisotopic (exact) mass is 268 g/mol. The van der Waals surface area contributed by atoms with Crippen LogP contribution in [0.1, 0.15) is 50.5 Å². The Hall–Kier alpha value is -0.960. The molecular formula is C16H22F2O. The van der Waals surface area contributed by atoms with Crippen LogP contribution in [0.2, 0.25) is 0 Å². The summed E-state index contributed by atoms with van der Waals surface area (Å²) in [6.45, 7) is 0. The van der Waals surface area contributed by atoms with Crippen molar-refractivity contribution in [3.8, 4) is 0 Å². The first kappa shape index (κ1) is 14.4. The van der Waals surface area contributed by atoms with Gasteiger partial charge in [0.05, 0.1) is 6.10 Å². The fraction of sp³-hybridized carbons (Fsp3) is 0.625. The summed E-state index contributed by atoms with van der Waals surface area (Å²) in [5.41, 5.74) is 0.279. The zero-order chi connectivity index (χ0) is 13.7. The van der Waals surface area contributed by atoms with Gasteiger partial charge in [-0.2, -0.15) is 0 Å². The van der Waals surface area contributed by atoms with Crippen molar-refractivity contribution in [1.82, 2.24) is 0 Å². The van der Waals surface area contributed by atoms with E-state index in [1.54, 1.807) is 6.07 Å². The van der Waals surface area contributed by atoms with E-state index in [1.165, 1.54) is 31.7 Å². The van der Waals surface area contributed by atoms with Crippen LogP contribution in [0.5, 0.6) is 0 Å². The number of benzene rings is 1. The van der Waals surface area contributed by atoms with Gasteiger partial charge in [-0.25, -0.2) is 8.78 Å². The minimum Gasteiger partial charge on any atom is -0.393 e. The second-order valence-corrected chi connectivity index (χ2v) is 5.66. The van der Waals surface area contributed by atoms with Gasteiger partial charge >= 0.3 is 0 Å². The Bertz CT molecular complexity index is 398. The molecule has 2 rings (SSSR count). The Labute approximate surface area is 113 Å². The molecule has 0 aliphatic heterocycles. The van der Waals surface area contributed by atoms with Crippen molar-refractivity contribution >= 4 is 0 Å². The van der Waals surface area contributed by atoms with Gasteiger partial charge in [0.1, 0.15) is 0 Å². The van der Waals surface area contributed by atoms with Crippen LogP contribution in [-0.4, -0.2) is 11.2 Å². The largest absolute Gasteiger partial charge is 0.393 e. The SMILES string of the molecule is OC(Cc1cccc(F)c1F)CC1CCCCCC1. The van der Waals surface area contributed by atoms with Crippen molar-refractivity contribution < 1.29 is 13.9 Å². The van der Waals surface area contributed by atoms with Gasteiger partial charge in [0.2, 0.25) is 0 Å². The van der Waals surface area contributed by atoms with Crippen molar-refractivity contribution in [2.24, 2.45) is 5.92 Å². The zero-order valence-corrected chi connectivity index (χ0v) is 11.2. The van der Waals surface area contributed by atoms with Gasteiger partial charge in [-0.05, 0) is 24.0 Å². The smallest absolute Gasteiger partial charge is 0.162 e. The van der Waals surface area contributed by atoms with Gasteiger partial charge in [0.25, 0.3) is 0 Å². The summed E-state index contributed by atoms with van der Waals surface area (Å²) in [6.07, 6.45) is 7.68. The molecule has 0 amide bonds. The summed E-state index contributed by atoms with van der Waals surface area (Å²) < 4.78 is 26.6. The van der Waals surface area contributed by atoms with Crippen molar-refractivity contribution in [3.05, 3.63) is 35.4 Å². The molecular weight excluding hydrogens is 246 g/mol. The molecule has 0 radical (unpaired) electrons.